The molecular formula is C14H17BrN2. The quantitative estimate of drug-likeness (QED) is 0.822. The second-order valence-corrected chi connectivity index (χ2v) is 5.18. The zero-order chi connectivity index (χ0) is 12.4. The highest BCUT2D eigenvalue weighted by Gasteiger charge is 2.09. The Labute approximate surface area is 111 Å². The average Bonchev–Trinajstić information content (AvgIpc) is 2.68. The van der Waals surface area contributed by atoms with Crippen LogP contribution in [0.15, 0.2) is 35.2 Å². The predicted molar refractivity (Wildman–Crippen MR) is 75.1 cm³/mol. The molecule has 1 unspecified atom stereocenters. The molecule has 0 radical (unpaired) electrons. The molecule has 0 spiro atoms. The molecule has 90 valence electrons. The van der Waals surface area contributed by atoms with Crippen LogP contribution in [-0.2, 0) is 7.05 Å². The number of benzene rings is 1. The van der Waals surface area contributed by atoms with E-state index in [0.717, 1.165) is 10.3 Å². The van der Waals surface area contributed by atoms with Gasteiger partial charge >= 0.3 is 0 Å². The number of aryl methyl sites for hydroxylation is 1. The summed E-state index contributed by atoms with van der Waals surface area (Å²) in [5.41, 5.74) is 3.72. The molecule has 1 aromatic heterocycles. The standard InChI is InChI=1S/C14H17BrN2/c1-4-10(2)11-5-7-12(8-6-11)13-14(15)16-9-17(13)3/h5-10H,4H2,1-3H3. The lowest BCUT2D eigenvalue weighted by atomic mass is 9.97. The summed E-state index contributed by atoms with van der Waals surface area (Å²) in [7, 11) is 2.01. The number of halogens is 1. The monoisotopic (exact) mass is 292 g/mol. The van der Waals surface area contributed by atoms with Crippen molar-refractivity contribution in [3.05, 3.63) is 40.8 Å². The lowest BCUT2D eigenvalue weighted by molar-refractivity contribution is 0.733. The molecule has 0 bridgehead atoms. The molecule has 1 atom stereocenters. The SMILES string of the molecule is CCC(C)c1ccc(-c2c(Br)ncn2C)cc1. The fourth-order valence-corrected chi connectivity index (χ4v) is 2.53. The molecule has 0 aliphatic heterocycles. The molecule has 0 N–H and O–H groups in total. The van der Waals surface area contributed by atoms with Crippen molar-refractivity contribution in [3.8, 4) is 11.3 Å². The lowest BCUT2D eigenvalue weighted by Crippen LogP contribution is -1.93. The first-order valence-electron chi connectivity index (χ1n) is 5.90. The molecule has 0 aliphatic rings. The second kappa shape index (κ2) is 5.05. The van der Waals surface area contributed by atoms with Gasteiger partial charge in [0.2, 0.25) is 0 Å². The van der Waals surface area contributed by atoms with E-state index in [2.05, 4.69) is 59.0 Å². The maximum atomic E-state index is 4.25. The third kappa shape index (κ3) is 2.44. The van der Waals surface area contributed by atoms with Crippen LogP contribution in [0.25, 0.3) is 11.3 Å². The van der Waals surface area contributed by atoms with Crippen LogP contribution in [0.2, 0.25) is 0 Å². The van der Waals surface area contributed by atoms with Crippen LogP contribution in [0.1, 0.15) is 31.7 Å². The van der Waals surface area contributed by atoms with Gasteiger partial charge in [0.05, 0.1) is 12.0 Å². The van der Waals surface area contributed by atoms with Gasteiger partial charge in [-0.1, -0.05) is 38.1 Å². The molecule has 2 nitrogen and oxygen atoms in total. The van der Waals surface area contributed by atoms with Gasteiger partial charge in [0.15, 0.2) is 0 Å². The lowest BCUT2D eigenvalue weighted by Gasteiger charge is -2.10. The normalized spacial score (nSPS) is 12.7. The number of nitrogens with zero attached hydrogens (tertiary/aromatic N) is 2. The van der Waals surface area contributed by atoms with Crippen molar-refractivity contribution in [2.75, 3.05) is 0 Å². The minimum absolute atomic E-state index is 0.624. The largest absolute Gasteiger partial charge is 0.333 e. The predicted octanol–water partition coefficient (Wildman–Crippen LogP) is 4.36. The number of rotatable bonds is 3. The van der Waals surface area contributed by atoms with E-state index in [1.165, 1.54) is 17.5 Å². The summed E-state index contributed by atoms with van der Waals surface area (Å²) in [4.78, 5) is 4.25. The zero-order valence-electron chi connectivity index (χ0n) is 10.4. The molecule has 3 heteroatoms. The molecule has 2 rings (SSSR count). The summed E-state index contributed by atoms with van der Waals surface area (Å²) < 4.78 is 2.93. The highest BCUT2D eigenvalue weighted by Crippen LogP contribution is 2.28. The maximum absolute atomic E-state index is 4.25. The van der Waals surface area contributed by atoms with Crippen LogP contribution < -0.4 is 0 Å². The second-order valence-electron chi connectivity index (χ2n) is 4.43. The Kier molecular flexibility index (Phi) is 3.67. The first-order chi connectivity index (χ1) is 8.13. The summed E-state index contributed by atoms with van der Waals surface area (Å²) in [5.74, 6) is 0.624. The molecule has 1 aromatic carbocycles. The zero-order valence-corrected chi connectivity index (χ0v) is 12.0. The molecular weight excluding hydrogens is 276 g/mol. The van der Waals surface area contributed by atoms with Gasteiger partial charge in [-0.15, -0.1) is 0 Å². The maximum Gasteiger partial charge on any atom is 0.132 e. The fourth-order valence-electron chi connectivity index (χ4n) is 1.93. The first kappa shape index (κ1) is 12.4. The Morgan fingerprint density at radius 2 is 1.94 bits per heavy atom. The minimum Gasteiger partial charge on any atom is -0.333 e. The Balaban J connectivity index is 2.36. The summed E-state index contributed by atoms with van der Waals surface area (Å²) in [6.07, 6.45) is 3.00. The van der Waals surface area contributed by atoms with Crippen LogP contribution in [0, 0.1) is 0 Å². The smallest absolute Gasteiger partial charge is 0.132 e. The Morgan fingerprint density at radius 1 is 1.29 bits per heavy atom. The molecule has 0 fully saturated rings. The number of hydrogen-bond donors (Lipinski definition) is 0. The summed E-state index contributed by atoms with van der Waals surface area (Å²) in [6.45, 7) is 4.48. The van der Waals surface area contributed by atoms with Gasteiger partial charge < -0.3 is 4.57 Å². The highest BCUT2D eigenvalue weighted by atomic mass is 79.9. The van der Waals surface area contributed by atoms with Gasteiger partial charge in [0.1, 0.15) is 4.60 Å². The van der Waals surface area contributed by atoms with Gasteiger partial charge in [-0.25, -0.2) is 4.98 Å². The van der Waals surface area contributed by atoms with E-state index >= 15 is 0 Å². The van der Waals surface area contributed by atoms with Crippen LogP contribution in [0.4, 0.5) is 0 Å². The van der Waals surface area contributed by atoms with Crippen molar-refractivity contribution in [1.29, 1.82) is 0 Å². The van der Waals surface area contributed by atoms with Crippen LogP contribution in [-0.4, -0.2) is 9.55 Å². The van der Waals surface area contributed by atoms with Crippen LogP contribution in [0.5, 0.6) is 0 Å². The minimum atomic E-state index is 0.624. The topological polar surface area (TPSA) is 17.8 Å². The van der Waals surface area contributed by atoms with Crippen molar-refractivity contribution < 1.29 is 0 Å². The van der Waals surface area contributed by atoms with Crippen molar-refractivity contribution >= 4 is 15.9 Å². The molecule has 0 amide bonds. The summed E-state index contributed by atoms with van der Waals surface area (Å²) in [6, 6.07) is 8.76. The number of hydrogen-bond acceptors (Lipinski definition) is 1. The third-order valence-electron chi connectivity index (χ3n) is 3.26. The molecule has 0 saturated carbocycles. The van der Waals surface area contributed by atoms with Crippen LogP contribution >= 0.6 is 15.9 Å². The van der Waals surface area contributed by atoms with Crippen molar-refractivity contribution in [3.63, 3.8) is 0 Å². The van der Waals surface area contributed by atoms with Crippen molar-refractivity contribution in [2.24, 2.45) is 7.05 Å². The fraction of sp³-hybridized carbons (Fsp3) is 0.357. The number of aromatic nitrogens is 2. The van der Waals surface area contributed by atoms with Gasteiger partial charge in [-0.3, -0.25) is 0 Å². The Morgan fingerprint density at radius 3 is 2.41 bits per heavy atom. The summed E-state index contributed by atoms with van der Waals surface area (Å²) in [5, 5.41) is 0. The van der Waals surface area contributed by atoms with E-state index in [4.69, 9.17) is 0 Å². The molecule has 0 saturated heterocycles. The van der Waals surface area contributed by atoms with E-state index in [0.29, 0.717) is 5.92 Å². The van der Waals surface area contributed by atoms with E-state index < -0.39 is 0 Å². The van der Waals surface area contributed by atoms with Gasteiger partial charge in [-0.2, -0.15) is 0 Å². The highest BCUT2D eigenvalue weighted by molar-refractivity contribution is 9.10. The van der Waals surface area contributed by atoms with E-state index in [1.54, 1.807) is 0 Å². The van der Waals surface area contributed by atoms with Crippen molar-refractivity contribution in [1.82, 2.24) is 9.55 Å². The van der Waals surface area contributed by atoms with Gasteiger partial charge in [-0.05, 0) is 33.8 Å². The molecule has 2 aromatic rings. The van der Waals surface area contributed by atoms with Gasteiger partial charge in [0.25, 0.3) is 0 Å². The molecule has 0 aliphatic carbocycles. The summed E-state index contributed by atoms with van der Waals surface area (Å²) >= 11 is 3.48. The van der Waals surface area contributed by atoms with Crippen molar-refractivity contribution in [2.45, 2.75) is 26.2 Å². The third-order valence-corrected chi connectivity index (χ3v) is 3.84. The number of imidazole rings is 1. The average molecular weight is 293 g/mol. The Bertz CT molecular complexity index is 480. The van der Waals surface area contributed by atoms with E-state index in [-0.39, 0.29) is 0 Å². The Hall–Kier alpha value is -1.09. The van der Waals surface area contributed by atoms with Crippen LogP contribution in [0.3, 0.4) is 0 Å². The molecule has 1 heterocycles. The van der Waals surface area contributed by atoms with Gasteiger partial charge in [0, 0.05) is 12.6 Å². The van der Waals surface area contributed by atoms with E-state index in [1.807, 2.05) is 17.9 Å². The van der Waals surface area contributed by atoms with E-state index in [9.17, 15) is 0 Å². The first-order valence-corrected chi connectivity index (χ1v) is 6.70. The molecule has 17 heavy (non-hydrogen) atoms.